The first-order valence-corrected chi connectivity index (χ1v) is 13.3. The first-order valence-electron chi connectivity index (χ1n) is 10.6. The van der Waals surface area contributed by atoms with E-state index in [0.29, 0.717) is 6.42 Å². The largest absolute Gasteiger partial charge is 0.373 e. The van der Waals surface area contributed by atoms with E-state index in [4.69, 9.17) is 32.8 Å². The fraction of sp³-hybridized carbons (Fsp3) is 0.842. The lowest BCUT2D eigenvalue weighted by atomic mass is 9.78. The minimum absolute atomic E-state index is 0.0977. The van der Waals surface area contributed by atoms with Crippen LogP contribution in [0.25, 0.3) is 0 Å². The first kappa shape index (κ1) is 26.9. The molecule has 2 unspecified atom stereocenters. The third-order valence-corrected chi connectivity index (χ3v) is 9.04. The van der Waals surface area contributed by atoms with Gasteiger partial charge in [-0.1, -0.05) is 0 Å². The standard InChI is InChI=1S/C19H35BN2O7P2/c1-14(2)22(15(3)4)30(27-10-7-9-21)29-17-12-16-18(20)28-19(17,13-26-16)8-11-31(23,24-5)25-6/h8,11,14-18H,7,10,12-13,20H2,1-6H3/b11-8+/t16-,17+,18?,19+,30?/m1/s1. The Balaban J connectivity index is 2.33. The van der Waals surface area contributed by atoms with Crippen molar-refractivity contribution < 1.29 is 32.1 Å². The van der Waals surface area contributed by atoms with Crippen LogP contribution in [0.3, 0.4) is 0 Å². The fourth-order valence-corrected chi connectivity index (χ4v) is 6.43. The highest BCUT2D eigenvalue weighted by Crippen LogP contribution is 2.54. The maximum atomic E-state index is 12.6. The number of nitrogens with zero attached hydrogens (tertiary/aromatic N) is 2. The molecule has 0 aromatic carbocycles. The van der Waals surface area contributed by atoms with Crippen LogP contribution in [-0.4, -0.2) is 75.8 Å². The van der Waals surface area contributed by atoms with Crippen LogP contribution in [0.2, 0.25) is 0 Å². The van der Waals surface area contributed by atoms with Crippen molar-refractivity contribution in [2.75, 3.05) is 27.4 Å². The van der Waals surface area contributed by atoms with Crippen molar-refractivity contribution in [2.24, 2.45) is 0 Å². The zero-order valence-corrected chi connectivity index (χ0v) is 21.3. The van der Waals surface area contributed by atoms with Crippen LogP contribution >= 0.6 is 16.1 Å². The van der Waals surface area contributed by atoms with Gasteiger partial charge in [0.2, 0.25) is 0 Å². The summed E-state index contributed by atoms with van der Waals surface area (Å²) in [6.07, 6.45) is 2.11. The average molecular weight is 476 g/mol. The van der Waals surface area contributed by atoms with Gasteiger partial charge in [0.05, 0.1) is 37.8 Å². The minimum atomic E-state index is -3.38. The van der Waals surface area contributed by atoms with Crippen LogP contribution in [0.4, 0.5) is 0 Å². The van der Waals surface area contributed by atoms with E-state index in [0.717, 1.165) is 0 Å². The van der Waals surface area contributed by atoms with Gasteiger partial charge in [0.1, 0.15) is 19.6 Å². The number of nitriles is 1. The van der Waals surface area contributed by atoms with Crippen molar-refractivity contribution in [3.63, 3.8) is 0 Å². The summed E-state index contributed by atoms with van der Waals surface area (Å²) in [7, 11) is -0.216. The predicted molar refractivity (Wildman–Crippen MR) is 121 cm³/mol. The first-order chi connectivity index (χ1) is 14.6. The fourth-order valence-electron chi connectivity index (χ4n) is 3.81. The molecule has 0 spiro atoms. The smallest absolute Gasteiger partial charge is 0.353 e. The molecule has 0 N–H and O–H groups in total. The van der Waals surface area contributed by atoms with Gasteiger partial charge < -0.3 is 27.6 Å². The topological polar surface area (TPSA) is 99.5 Å². The molecule has 12 heteroatoms. The van der Waals surface area contributed by atoms with E-state index < -0.39 is 21.7 Å². The van der Waals surface area contributed by atoms with Crippen LogP contribution in [0.5, 0.6) is 0 Å². The zero-order chi connectivity index (χ0) is 23.2. The lowest BCUT2D eigenvalue weighted by molar-refractivity contribution is -0.263. The molecule has 31 heavy (non-hydrogen) atoms. The van der Waals surface area contributed by atoms with Crippen molar-refractivity contribution >= 4 is 24.0 Å². The van der Waals surface area contributed by atoms with Crippen molar-refractivity contribution in [3.05, 3.63) is 11.9 Å². The second-order valence-corrected chi connectivity index (χ2v) is 11.7. The van der Waals surface area contributed by atoms with Crippen molar-refractivity contribution in [1.82, 2.24) is 4.67 Å². The number of hydrogen-bond donors (Lipinski definition) is 0. The molecule has 176 valence electrons. The Morgan fingerprint density at radius 1 is 1.32 bits per heavy atom. The highest BCUT2D eigenvalue weighted by atomic mass is 31.2. The SMILES string of the molecule is BC1O[C@@]2(/C=C/P(=O)(OC)OC)CO[C@@H]1C[C@@H]2OP(OCCC#N)N(C(C)C)C(C)C. The summed E-state index contributed by atoms with van der Waals surface area (Å²) in [5.41, 5.74) is -0.945. The molecule has 2 bridgehead atoms. The Morgan fingerprint density at radius 2 is 1.97 bits per heavy atom. The average Bonchev–Trinajstić information content (AvgIpc) is 2.72. The van der Waals surface area contributed by atoms with Gasteiger partial charge in [-0.3, -0.25) is 4.57 Å². The lowest BCUT2D eigenvalue weighted by Crippen LogP contribution is -2.64. The summed E-state index contributed by atoms with van der Waals surface area (Å²) >= 11 is 0. The molecule has 5 atom stereocenters. The Hall–Kier alpha value is -0.325. The second kappa shape index (κ2) is 11.7. The summed E-state index contributed by atoms with van der Waals surface area (Å²) in [6.45, 7) is 8.90. The van der Waals surface area contributed by atoms with Gasteiger partial charge >= 0.3 is 7.60 Å². The predicted octanol–water partition coefficient (Wildman–Crippen LogP) is 3.16. The summed E-state index contributed by atoms with van der Waals surface area (Å²) in [4.78, 5) is 0. The molecule has 3 aliphatic rings. The summed E-state index contributed by atoms with van der Waals surface area (Å²) in [5.74, 6) is 1.41. The maximum absolute atomic E-state index is 12.6. The van der Waals surface area contributed by atoms with Gasteiger partial charge in [-0.25, -0.2) is 4.67 Å². The van der Waals surface area contributed by atoms with Crippen LogP contribution in [0.1, 0.15) is 40.5 Å². The van der Waals surface area contributed by atoms with E-state index >= 15 is 0 Å². The summed E-state index contributed by atoms with van der Waals surface area (Å²) in [5, 5.41) is 8.93. The molecule has 9 nitrogen and oxygen atoms in total. The van der Waals surface area contributed by atoms with Gasteiger partial charge in [-0.15, -0.1) is 0 Å². The van der Waals surface area contributed by atoms with Gasteiger partial charge in [0.15, 0.2) is 0 Å². The Labute approximate surface area is 188 Å². The molecule has 3 aliphatic heterocycles. The van der Waals surface area contributed by atoms with E-state index in [1.807, 2.05) is 7.85 Å². The van der Waals surface area contributed by atoms with Crippen molar-refractivity contribution in [3.8, 4) is 6.07 Å². The Morgan fingerprint density at radius 3 is 2.48 bits per heavy atom. The van der Waals surface area contributed by atoms with Crippen molar-refractivity contribution in [2.45, 2.75) is 76.4 Å². The quantitative estimate of drug-likeness (QED) is 0.239. The molecule has 0 saturated carbocycles. The highest BCUT2D eigenvalue weighted by molar-refractivity contribution is 7.57. The van der Waals surface area contributed by atoms with Crippen LogP contribution < -0.4 is 0 Å². The van der Waals surface area contributed by atoms with Gasteiger partial charge in [-0.2, -0.15) is 5.26 Å². The number of ether oxygens (including phenoxy) is 2. The third kappa shape index (κ3) is 6.60. The number of rotatable bonds is 12. The molecule has 3 saturated heterocycles. The molecule has 0 aliphatic carbocycles. The van der Waals surface area contributed by atoms with Gasteiger partial charge in [-0.05, 0) is 33.8 Å². The Kier molecular flexibility index (Phi) is 10.2. The number of hydrogen-bond acceptors (Lipinski definition) is 9. The summed E-state index contributed by atoms with van der Waals surface area (Å²) in [6, 6.07) is 2.33. The van der Waals surface area contributed by atoms with E-state index in [9.17, 15) is 4.57 Å². The highest BCUT2D eigenvalue weighted by Gasteiger charge is 2.54. The van der Waals surface area contributed by atoms with Gasteiger partial charge in [0, 0.05) is 38.5 Å². The normalized spacial score (nSPS) is 29.9. The van der Waals surface area contributed by atoms with Crippen LogP contribution in [0, 0.1) is 11.3 Å². The maximum Gasteiger partial charge on any atom is 0.353 e. The van der Waals surface area contributed by atoms with E-state index in [-0.39, 0.29) is 49.9 Å². The molecule has 3 fully saturated rings. The van der Waals surface area contributed by atoms with Crippen LogP contribution in [-0.2, 0) is 32.1 Å². The molecule has 0 aromatic heterocycles. The Bertz CT molecular complexity index is 689. The minimum Gasteiger partial charge on any atom is -0.373 e. The molecular weight excluding hydrogens is 441 g/mol. The molecule has 3 rings (SSSR count). The van der Waals surface area contributed by atoms with E-state index in [2.05, 4.69) is 38.4 Å². The van der Waals surface area contributed by atoms with Crippen LogP contribution in [0.15, 0.2) is 11.9 Å². The third-order valence-electron chi connectivity index (χ3n) is 5.37. The molecule has 0 radical (unpaired) electrons. The summed E-state index contributed by atoms with van der Waals surface area (Å²) < 4.78 is 49.8. The monoisotopic (exact) mass is 476 g/mol. The van der Waals surface area contributed by atoms with Crippen molar-refractivity contribution in [1.29, 1.82) is 5.26 Å². The molecular formula is C19H35BN2O7P2. The zero-order valence-electron chi connectivity index (χ0n) is 19.5. The van der Waals surface area contributed by atoms with Gasteiger partial charge in [0.25, 0.3) is 8.53 Å². The molecule has 3 heterocycles. The van der Waals surface area contributed by atoms with E-state index in [1.165, 1.54) is 20.0 Å². The van der Waals surface area contributed by atoms with E-state index in [1.54, 1.807) is 6.08 Å². The molecule has 0 amide bonds. The lowest BCUT2D eigenvalue weighted by Gasteiger charge is -2.53. The number of fused-ring (bicyclic) bond motifs is 3. The second-order valence-electron chi connectivity index (χ2n) is 8.22. The molecule has 0 aromatic rings.